The van der Waals surface area contributed by atoms with Crippen molar-refractivity contribution in [2.75, 3.05) is 29.9 Å². The van der Waals surface area contributed by atoms with Crippen LogP contribution in [0.25, 0.3) is 0 Å². The van der Waals surface area contributed by atoms with Gasteiger partial charge in [-0.2, -0.15) is 0 Å². The molecular weight excluding hydrogens is 284 g/mol. The smallest absolute Gasteiger partial charge is 0.183 e. The van der Waals surface area contributed by atoms with Crippen LogP contribution in [0.1, 0.15) is 17.4 Å². The van der Waals surface area contributed by atoms with Crippen molar-refractivity contribution >= 4 is 22.3 Å². The predicted molar refractivity (Wildman–Crippen MR) is 86.0 cm³/mol. The van der Waals surface area contributed by atoms with Gasteiger partial charge in [0.25, 0.3) is 0 Å². The SMILES string of the molecule is Cc1cnc(NCc2ccc(N3CCO[C@@H](C)C3)nc2)s1. The lowest BCUT2D eigenvalue weighted by atomic mass is 10.2. The van der Waals surface area contributed by atoms with E-state index >= 15 is 0 Å². The summed E-state index contributed by atoms with van der Waals surface area (Å²) in [6.45, 7) is 7.49. The Morgan fingerprint density at radius 3 is 2.95 bits per heavy atom. The van der Waals surface area contributed by atoms with Crippen LogP contribution in [0.3, 0.4) is 0 Å². The Morgan fingerprint density at radius 2 is 2.29 bits per heavy atom. The Labute approximate surface area is 129 Å². The van der Waals surface area contributed by atoms with E-state index in [1.807, 2.05) is 12.4 Å². The number of pyridine rings is 1. The molecule has 1 aliphatic heterocycles. The Balaban J connectivity index is 1.58. The molecule has 1 fully saturated rings. The second kappa shape index (κ2) is 6.41. The first-order valence-electron chi connectivity index (χ1n) is 7.18. The Kier molecular flexibility index (Phi) is 4.36. The molecule has 1 atom stereocenters. The molecule has 0 radical (unpaired) electrons. The molecule has 0 bridgehead atoms. The Bertz CT molecular complexity index is 584. The number of hydrogen-bond acceptors (Lipinski definition) is 6. The lowest BCUT2D eigenvalue weighted by Crippen LogP contribution is -2.41. The van der Waals surface area contributed by atoms with Crippen LogP contribution in [0.5, 0.6) is 0 Å². The highest BCUT2D eigenvalue weighted by Crippen LogP contribution is 2.18. The number of ether oxygens (including phenoxy) is 1. The third-order valence-corrected chi connectivity index (χ3v) is 4.31. The van der Waals surface area contributed by atoms with Gasteiger partial charge in [-0.25, -0.2) is 9.97 Å². The third kappa shape index (κ3) is 3.71. The largest absolute Gasteiger partial charge is 0.375 e. The monoisotopic (exact) mass is 304 g/mol. The summed E-state index contributed by atoms with van der Waals surface area (Å²) in [6.07, 6.45) is 4.09. The van der Waals surface area contributed by atoms with E-state index in [0.29, 0.717) is 0 Å². The second-order valence-corrected chi connectivity index (χ2v) is 6.52. The van der Waals surface area contributed by atoms with Gasteiger partial charge in [-0.05, 0) is 25.5 Å². The maximum absolute atomic E-state index is 5.56. The van der Waals surface area contributed by atoms with E-state index in [4.69, 9.17) is 4.74 Å². The molecule has 6 heteroatoms. The lowest BCUT2D eigenvalue weighted by Gasteiger charge is -2.32. The number of nitrogens with zero attached hydrogens (tertiary/aromatic N) is 3. The first kappa shape index (κ1) is 14.3. The molecule has 0 unspecified atom stereocenters. The van der Waals surface area contributed by atoms with Crippen LogP contribution < -0.4 is 10.2 Å². The molecule has 21 heavy (non-hydrogen) atoms. The fourth-order valence-corrected chi connectivity index (χ4v) is 3.01. The molecule has 0 aromatic carbocycles. The highest BCUT2D eigenvalue weighted by molar-refractivity contribution is 7.15. The number of aryl methyl sites for hydroxylation is 1. The molecule has 1 saturated heterocycles. The first-order chi connectivity index (χ1) is 10.2. The molecule has 0 aliphatic carbocycles. The molecule has 0 saturated carbocycles. The van der Waals surface area contributed by atoms with Gasteiger partial charge in [0.1, 0.15) is 5.82 Å². The average Bonchev–Trinajstić information content (AvgIpc) is 2.91. The first-order valence-corrected chi connectivity index (χ1v) is 8.00. The highest BCUT2D eigenvalue weighted by atomic mass is 32.1. The van der Waals surface area contributed by atoms with Crippen molar-refractivity contribution in [2.24, 2.45) is 0 Å². The topological polar surface area (TPSA) is 50.3 Å². The molecule has 0 amide bonds. The average molecular weight is 304 g/mol. The quantitative estimate of drug-likeness (QED) is 0.941. The van der Waals surface area contributed by atoms with E-state index in [-0.39, 0.29) is 6.10 Å². The van der Waals surface area contributed by atoms with E-state index in [2.05, 4.69) is 46.2 Å². The van der Waals surface area contributed by atoms with Crippen LogP contribution in [-0.2, 0) is 11.3 Å². The Hall–Kier alpha value is -1.66. The summed E-state index contributed by atoms with van der Waals surface area (Å²) in [5.74, 6) is 1.03. The summed E-state index contributed by atoms with van der Waals surface area (Å²) in [7, 11) is 0. The molecule has 2 aromatic heterocycles. The van der Waals surface area contributed by atoms with Gasteiger partial charge in [-0.15, -0.1) is 11.3 Å². The fraction of sp³-hybridized carbons (Fsp3) is 0.467. The van der Waals surface area contributed by atoms with Crippen molar-refractivity contribution in [3.8, 4) is 0 Å². The van der Waals surface area contributed by atoms with Crippen molar-refractivity contribution in [3.05, 3.63) is 35.0 Å². The molecule has 1 aliphatic rings. The van der Waals surface area contributed by atoms with Crippen molar-refractivity contribution in [1.29, 1.82) is 0 Å². The number of hydrogen-bond donors (Lipinski definition) is 1. The van der Waals surface area contributed by atoms with Crippen molar-refractivity contribution < 1.29 is 4.74 Å². The number of morpholine rings is 1. The number of thiazole rings is 1. The summed E-state index contributed by atoms with van der Waals surface area (Å²) < 4.78 is 5.56. The van der Waals surface area contributed by atoms with E-state index in [9.17, 15) is 0 Å². The van der Waals surface area contributed by atoms with Crippen LogP contribution in [0.2, 0.25) is 0 Å². The van der Waals surface area contributed by atoms with Gasteiger partial charge in [-0.3, -0.25) is 0 Å². The van der Waals surface area contributed by atoms with Gasteiger partial charge in [0.05, 0.1) is 12.7 Å². The summed E-state index contributed by atoms with van der Waals surface area (Å²) >= 11 is 1.67. The minimum Gasteiger partial charge on any atom is -0.375 e. The zero-order chi connectivity index (χ0) is 14.7. The van der Waals surface area contributed by atoms with Gasteiger partial charge < -0.3 is 15.0 Å². The van der Waals surface area contributed by atoms with Crippen LogP contribution in [0, 0.1) is 6.92 Å². The zero-order valence-electron chi connectivity index (χ0n) is 12.4. The lowest BCUT2D eigenvalue weighted by molar-refractivity contribution is 0.0529. The highest BCUT2D eigenvalue weighted by Gasteiger charge is 2.17. The van der Waals surface area contributed by atoms with E-state index in [1.165, 1.54) is 4.88 Å². The second-order valence-electron chi connectivity index (χ2n) is 5.28. The summed E-state index contributed by atoms with van der Waals surface area (Å²) in [5, 5.41) is 4.28. The molecule has 1 N–H and O–H groups in total. The molecule has 2 aromatic rings. The van der Waals surface area contributed by atoms with Crippen molar-refractivity contribution in [2.45, 2.75) is 26.5 Å². The van der Waals surface area contributed by atoms with Crippen molar-refractivity contribution in [1.82, 2.24) is 9.97 Å². The number of nitrogens with one attached hydrogen (secondary N) is 1. The fourth-order valence-electron chi connectivity index (χ4n) is 2.35. The summed E-state index contributed by atoms with van der Waals surface area (Å²) in [5.41, 5.74) is 1.16. The van der Waals surface area contributed by atoms with E-state index in [0.717, 1.165) is 42.8 Å². The molecular formula is C15H20N4OS. The van der Waals surface area contributed by atoms with Gasteiger partial charge in [0.2, 0.25) is 0 Å². The van der Waals surface area contributed by atoms with E-state index < -0.39 is 0 Å². The number of rotatable bonds is 4. The number of anilines is 2. The summed E-state index contributed by atoms with van der Waals surface area (Å²) in [4.78, 5) is 12.4. The van der Waals surface area contributed by atoms with Gasteiger partial charge in [-0.1, -0.05) is 6.07 Å². The zero-order valence-corrected chi connectivity index (χ0v) is 13.2. The normalized spacial score (nSPS) is 18.8. The molecule has 3 heterocycles. The van der Waals surface area contributed by atoms with Crippen LogP contribution in [-0.4, -0.2) is 35.8 Å². The van der Waals surface area contributed by atoms with Gasteiger partial charge in [0.15, 0.2) is 5.13 Å². The van der Waals surface area contributed by atoms with E-state index in [1.54, 1.807) is 11.3 Å². The molecule has 112 valence electrons. The maximum Gasteiger partial charge on any atom is 0.183 e. The third-order valence-electron chi connectivity index (χ3n) is 3.44. The predicted octanol–water partition coefficient (Wildman–Crippen LogP) is 2.68. The van der Waals surface area contributed by atoms with Gasteiger partial charge >= 0.3 is 0 Å². The van der Waals surface area contributed by atoms with Crippen LogP contribution in [0.15, 0.2) is 24.5 Å². The minimum absolute atomic E-state index is 0.273. The molecule has 5 nitrogen and oxygen atoms in total. The summed E-state index contributed by atoms with van der Waals surface area (Å²) in [6, 6.07) is 4.21. The molecule has 3 rings (SSSR count). The number of aromatic nitrogens is 2. The molecule has 0 spiro atoms. The Morgan fingerprint density at radius 1 is 1.38 bits per heavy atom. The van der Waals surface area contributed by atoms with Crippen molar-refractivity contribution in [3.63, 3.8) is 0 Å². The van der Waals surface area contributed by atoms with Crippen LogP contribution >= 0.6 is 11.3 Å². The minimum atomic E-state index is 0.273. The van der Waals surface area contributed by atoms with Crippen LogP contribution in [0.4, 0.5) is 10.9 Å². The van der Waals surface area contributed by atoms with Gasteiger partial charge in [0, 0.05) is 36.9 Å². The standard InChI is InChI=1S/C15H20N4OS/c1-11-10-19(5-6-20-11)14-4-3-13(8-16-14)9-18-15-17-7-12(2)21-15/h3-4,7-8,11H,5-6,9-10H2,1-2H3,(H,17,18)/t11-/m0/s1. The maximum atomic E-state index is 5.56.